The fourth-order valence-corrected chi connectivity index (χ4v) is 1.73. The van der Waals surface area contributed by atoms with Crippen LogP contribution < -0.4 is 10.6 Å². The van der Waals surface area contributed by atoms with Crippen LogP contribution in [0, 0.1) is 5.82 Å². The summed E-state index contributed by atoms with van der Waals surface area (Å²) in [6.45, 7) is 7.24. The maximum Gasteiger partial charge on any atom is 0.125 e. The molecular formula is C12H19FN2. The number of rotatable bonds is 4. The van der Waals surface area contributed by atoms with Gasteiger partial charge in [-0.25, -0.2) is 4.39 Å². The van der Waals surface area contributed by atoms with Crippen molar-refractivity contribution in [2.45, 2.75) is 33.2 Å². The van der Waals surface area contributed by atoms with Gasteiger partial charge in [0.2, 0.25) is 0 Å². The maximum atomic E-state index is 12.9. The molecule has 0 fully saturated rings. The average molecular weight is 210 g/mol. The second-order valence-electron chi connectivity index (χ2n) is 3.75. The largest absolute Gasteiger partial charge is 0.397 e. The summed E-state index contributed by atoms with van der Waals surface area (Å²) in [5, 5.41) is 0. The van der Waals surface area contributed by atoms with Crippen LogP contribution >= 0.6 is 0 Å². The Hall–Kier alpha value is -1.25. The number of halogens is 1. The smallest absolute Gasteiger partial charge is 0.125 e. The number of nitrogen functional groups attached to an aromatic ring is 1. The van der Waals surface area contributed by atoms with E-state index >= 15 is 0 Å². The van der Waals surface area contributed by atoms with Gasteiger partial charge in [0.1, 0.15) is 5.82 Å². The normalized spacial score (nSPS) is 12.5. The molecule has 0 bridgehead atoms. The van der Waals surface area contributed by atoms with Crippen LogP contribution in [0.3, 0.4) is 0 Å². The standard InChI is InChI=1S/C12H19FN2/c1-4-9(3)15(5-2)12-7-6-10(13)8-11(12)14/h6-9H,4-5,14H2,1-3H3. The molecule has 0 spiro atoms. The van der Waals surface area contributed by atoms with E-state index in [9.17, 15) is 4.39 Å². The van der Waals surface area contributed by atoms with E-state index in [1.165, 1.54) is 12.1 Å². The van der Waals surface area contributed by atoms with Gasteiger partial charge < -0.3 is 10.6 Å². The second-order valence-corrected chi connectivity index (χ2v) is 3.75. The van der Waals surface area contributed by atoms with E-state index in [0.29, 0.717) is 11.7 Å². The van der Waals surface area contributed by atoms with E-state index in [0.717, 1.165) is 18.7 Å². The van der Waals surface area contributed by atoms with Crippen LogP contribution in [-0.4, -0.2) is 12.6 Å². The van der Waals surface area contributed by atoms with Gasteiger partial charge in [0, 0.05) is 12.6 Å². The molecule has 1 aromatic carbocycles. The summed E-state index contributed by atoms with van der Waals surface area (Å²) in [5.41, 5.74) is 7.24. The van der Waals surface area contributed by atoms with Gasteiger partial charge in [-0.05, 0) is 38.5 Å². The molecule has 0 radical (unpaired) electrons. The van der Waals surface area contributed by atoms with Crippen LogP contribution in [0.25, 0.3) is 0 Å². The van der Waals surface area contributed by atoms with Gasteiger partial charge in [0.05, 0.1) is 11.4 Å². The fraction of sp³-hybridized carbons (Fsp3) is 0.500. The third kappa shape index (κ3) is 2.61. The molecule has 0 heterocycles. The number of hydrogen-bond acceptors (Lipinski definition) is 2. The number of nitrogens with two attached hydrogens (primary N) is 1. The van der Waals surface area contributed by atoms with Crippen LogP contribution in [0.2, 0.25) is 0 Å². The Bertz CT molecular complexity index is 325. The van der Waals surface area contributed by atoms with Crippen molar-refractivity contribution < 1.29 is 4.39 Å². The Morgan fingerprint density at radius 2 is 2.07 bits per heavy atom. The Labute approximate surface area is 90.9 Å². The first-order valence-corrected chi connectivity index (χ1v) is 5.41. The molecule has 0 aromatic heterocycles. The van der Waals surface area contributed by atoms with E-state index in [2.05, 4.69) is 25.7 Å². The molecule has 0 aliphatic heterocycles. The van der Waals surface area contributed by atoms with Crippen LogP contribution in [0.4, 0.5) is 15.8 Å². The fourth-order valence-electron chi connectivity index (χ4n) is 1.73. The molecule has 1 atom stereocenters. The van der Waals surface area contributed by atoms with Crippen molar-refractivity contribution in [3.8, 4) is 0 Å². The topological polar surface area (TPSA) is 29.3 Å². The van der Waals surface area contributed by atoms with Crippen molar-refractivity contribution in [3.63, 3.8) is 0 Å². The van der Waals surface area contributed by atoms with Crippen LogP contribution in [0.5, 0.6) is 0 Å². The minimum absolute atomic E-state index is 0.281. The molecule has 2 N–H and O–H groups in total. The van der Waals surface area contributed by atoms with Crippen molar-refractivity contribution in [1.82, 2.24) is 0 Å². The minimum atomic E-state index is -0.281. The van der Waals surface area contributed by atoms with E-state index in [1.54, 1.807) is 6.07 Å². The van der Waals surface area contributed by atoms with Crippen molar-refractivity contribution in [1.29, 1.82) is 0 Å². The maximum absolute atomic E-state index is 12.9. The molecular weight excluding hydrogens is 191 g/mol. The van der Waals surface area contributed by atoms with Crippen molar-refractivity contribution in [2.24, 2.45) is 0 Å². The first kappa shape index (κ1) is 11.8. The monoisotopic (exact) mass is 210 g/mol. The molecule has 0 aliphatic rings. The predicted octanol–water partition coefficient (Wildman–Crippen LogP) is 3.03. The molecule has 84 valence electrons. The average Bonchev–Trinajstić information content (AvgIpc) is 2.21. The lowest BCUT2D eigenvalue weighted by Crippen LogP contribution is -2.32. The summed E-state index contributed by atoms with van der Waals surface area (Å²) in [6, 6.07) is 5.00. The zero-order chi connectivity index (χ0) is 11.4. The summed E-state index contributed by atoms with van der Waals surface area (Å²) in [5.74, 6) is -0.281. The van der Waals surface area contributed by atoms with Gasteiger partial charge in [0.25, 0.3) is 0 Å². The lowest BCUT2D eigenvalue weighted by molar-refractivity contribution is 0.619. The number of benzene rings is 1. The molecule has 1 unspecified atom stereocenters. The molecule has 0 amide bonds. The van der Waals surface area contributed by atoms with Gasteiger partial charge in [-0.15, -0.1) is 0 Å². The summed E-state index contributed by atoms with van der Waals surface area (Å²) < 4.78 is 12.9. The third-order valence-corrected chi connectivity index (χ3v) is 2.76. The van der Waals surface area contributed by atoms with Crippen molar-refractivity contribution in [3.05, 3.63) is 24.0 Å². The molecule has 0 saturated carbocycles. The summed E-state index contributed by atoms with van der Waals surface area (Å²) >= 11 is 0. The van der Waals surface area contributed by atoms with E-state index in [4.69, 9.17) is 5.73 Å². The zero-order valence-electron chi connectivity index (χ0n) is 9.63. The quantitative estimate of drug-likeness (QED) is 0.774. The first-order chi connectivity index (χ1) is 7.10. The van der Waals surface area contributed by atoms with Gasteiger partial charge >= 0.3 is 0 Å². The van der Waals surface area contributed by atoms with Gasteiger partial charge in [-0.3, -0.25) is 0 Å². The Morgan fingerprint density at radius 3 is 2.53 bits per heavy atom. The van der Waals surface area contributed by atoms with Crippen LogP contribution in [0.15, 0.2) is 18.2 Å². The summed E-state index contributed by atoms with van der Waals surface area (Å²) in [7, 11) is 0. The molecule has 2 nitrogen and oxygen atoms in total. The highest BCUT2D eigenvalue weighted by molar-refractivity contribution is 5.67. The second kappa shape index (κ2) is 5.01. The molecule has 15 heavy (non-hydrogen) atoms. The van der Waals surface area contributed by atoms with Gasteiger partial charge in [0.15, 0.2) is 0 Å². The molecule has 1 rings (SSSR count). The van der Waals surface area contributed by atoms with E-state index in [1.807, 2.05) is 0 Å². The highest BCUT2D eigenvalue weighted by Gasteiger charge is 2.13. The molecule has 3 heteroatoms. The van der Waals surface area contributed by atoms with Gasteiger partial charge in [-0.1, -0.05) is 6.92 Å². The highest BCUT2D eigenvalue weighted by Crippen LogP contribution is 2.26. The SMILES string of the molecule is CCC(C)N(CC)c1ccc(F)cc1N. The number of hydrogen-bond donors (Lipinski definition) is 1. The van der Waals surface area contributed by atoms with Crippen molar-refractivity contribution >= 4 is 11.4 Å². The lowest BCUT2D eigenvalue weighted by Gasteiger charge is -2.30. The van der Waals surface area contributed by atoms with E-state index in [-0.39, 0.29) is 5.82 Å². The summed E-state index contributed by atoms with van der Waals surface area (Å²) in [6.07, 6.45) is 1.05. The van der Waals surface area contributed by atoms with Gasteiger partial charge in [-0.2, -0.15) is 0 Å². The van der Waals surface area contributed by atoms with E-state index < -0.39 is 0 Å². The molecule has 0 aliphatic carbocycles. The number of anilines is 2. The Morgan fingerprint density at radius 1 is 1.40 bits per heavy atom. The lowest BCUT2D eigenvalue weighted by atomic mass is 10.1. The molecule has 0 saturated heterocycles. The third-order valence-electron chi connectivity index (χ3n) is 2.76. The first-order valence-electron chi connectivity index (χ1n) is 5.41. The number of nitrogens with zero attached hydrogens (tertiary/aromatic N) is 1. The highest BCUT2D eigenvalue weighted by atomic mass is 19.1. The Balaban J connectivity index is 3.01. The zero-order valence-corrected chi connectivity index (χ0v) is 9.63. The Kier molecular flexibility index (Phi) is 3.95. The van der Waals surface area contributed by atoms with Crippen LogP contribution in [-0.2, 0) is 0 Å². The van der Waals surface area contributed by atoms with Crippen molar-refractivity contribution in [2.75, 3.05) is 17.2 Å². The minimum Gasteiger partial charge on any atom is -0.397 e. The van der Waals surface area contributed by atoms with Crippen LogP contribution in [0.1, 0.15) is 27.2 Å². The summed E-state index contributed by atoms with van der Waals surface area (Å²) in [4.78, 5) is 2.19. The molecule has 1 aromatic rings. The predicted molar refractivity (Wildman–Crippen MR) is 63.6 cm³/mol.